The first kappa shape index (κ1) is 18.8. The van der Waals surface area contributed by atoms with Crippen LogP contribution in [-0.4, -0.2) is 24.0 Å². The van der Waals surface area contributed by atoms with Gasteiger partial charge < -0.3 is 14.0 Å². The van der Waals surface area contributed by atoms with Crippen molar-refractivity contribution >= 4 is 16.6 Å². The fraction of sp³-hybridized carbons (Fsp3) is 0.300. The molecule has 0 unspecified atom stereocenters. The molecule has 0 radical (unpaired) electrons. The Hall–Kier alpha value is -2.50. The molecule has 0 spiro atoms. The molecule has 5 heteroatoms. The van der Waals surface area contributed by atoms with E-state index in [9.17, 15) is 5.21 Å². The van der Waals surface area contributed by atoms with Gasteiger partial charge in [-0.2, -0.15) is 5.48 Å². The molecule has 1 aromatic heterocycles. The Morgan fingerprint density at radius 1 is 0.960 bits per heavy atom. The number of fused-ring (bicyclic) bond motifs is 1. The second-order valence-electron chi connectivity index (χ2n) is 5.26. The predicted octanol–water partition coefficient (Wildman–Crippen LogP) is 3.82. The van der Waals surface area contributed by atoms with E-state index in [0.29, 0.717) is 0 Å². The summed E-state index contributed by atoms with van der Waals surface area (Å²) in [5.41, 5.74) is 5.12. The van der Waals surface area contributed by atoms with Crippen LogP contribution in [0.3, 0.4) is 0 Å². The highest BCUT2D eigenvalue weighted by atomic mass is 16.5. The maximum atomic E-state index is 9.73. The first-order valence-corrected chi connectivity index (χ1v) is 8.56. The zero-order chi connectivity index (χ0) is 18.4. The smallest absolute Gasteiger partial charge is 0.191 e. The molecule has 2 aromatic carbocycles. The molecule has 0 aliphatic carbocycles. The molecule has 134 valence electrons. The Labute approximate surface area is 148 Å². The van der Waals surface area contributed by atoms with E-state index in [2.05, 4.69) is 11.5 Å². The second-order valence-corrected chi connectivity index (χ2v) is 5.26. The first-order chi connectivity index (χ1) is 12.2. The van der Waals surface area contributed by atoms with Crippen LogP contribution in [0.15, 0.2) is 42.5 Å². The third-order valence-electron chi connectivity index (χ3n) is 4.11. The van der Waals surface area contributed by atoms with Crippen LogP contribution in [0.1, 0.15) is 26.5 Å². The zero-order valence-electron chi connectivity index (χ0n) is 15.5. The highest BCUT2D eigenvalue weighted by Crippen LogP contribution is 2.34. The minimum absolute atomic E-state index is 0.789. The Balaban J connectivity index is 0.00000109. The molecule has 25 heavy (non-hydrogen) atoms. The SMILES string of the molecule is CC.CCc1c([NH2+]O)c2ccc(OC)cc2n1-c1ccc(OC)cc1. The van der Waals surface area contributed by atoms with E-state index < -0.39 is 0 Å². The molecule has 0 aliphatic rings. The molecule has 3 rings (SSSR count). The molecular formula is C20H27N2O3+. The van der Waals surface area contributed by atoms with Gasteiger partial charge in [0.2, 0.25) is 0 Å². The van der Waals surface area contributed by atoms with E-state index in [4.69, 9.17) is 9.47 Å². The number of nitrogens with zero attached hydrogens (tertiary/aromatic N) is 1. The summed E-state index contributed by atoms with van der Waals surface area (Å²) in [6.07, 6.45) is 0.801. The minimum Gasteiger partial charge on any atom is -0.497 e. The number of benzene rings is 2. The number of methoxy groups -OCH3 is 2. The van der Waals surface area contributed by atoms with Gasteiger partial charge in [-0.15, -0.1) is 0 Å². The van der Waals surface area contributed by atoms with Crippen LogP contribution in [0, 0.1) is 0 Å². The molecule has 0 atom stereocenters. The molecule has 0 saturated carbocycles. The van der Waals surface area contributed by atoms with Gasteiger partial charge in [0.05, 0.1) is 30.8 Å². The van der Waals surface area contributed by atoms with Crippen molar-refractivity contribution in [3.63, 3.8) is 0 Å². The van der Waals surface area contributed by atoms with Gasteiger partial charge in [-0.05, 0) is 42.8 Å². The summed E-state index contributed by atoms with van der Waals surface area (Å²) in [6, 6.07) is 13.8. The van der Waals surface area contributed by atoms with Gasteiger partial charge in [0.1, 0.15) is 11.5 Å². The quantitative estimate of drug-likeness (QED) is 0.692. The second kappa shape index (κ2) is 8.55. The summed E-state index contributed by atoms with van der Waals surface area (Å²) in [5.74, 6) is 1.60. The van der Waals surface area contributed by atoms with Crippen molar-refractivity contribution < 1.29 is 20.2 Å². The molecular weight excluding hydrogens is 316 g/mol. The fourth-order valence-corrected chi connectivity index (χ4v) is 2.99. The lowest BCUT2D eigenvalue weighted by molar-refractivity contribution is -0.825. The number of ether oxygens (including phenoxy) is 2. The lowest BCUT2D eigenvalue weighted by atomic mass is 10.2. The number of quaternary nitrogens is 1. The largest absolute Gasteiger partial charge is 0.497 e. The minimum atomic E-state index is 0.789. The predicted molar refractivity (Wildman–Crippen MR) is 100 cm³/mol. The average molecular weight is 343 g/mol. The lowest BCUT2D eigenvalue weighted by Crippen LogP contribution is -2.74. The van der Waals surface area contributed by atoms with E-state index in [0.717, 1.165) is 45.9 Å². The van der Waals surface area contributed by atoms with Gasteiger partial charge >= 0.3 is 0 Å². The summed E-state index contributed by atoms with van der Waals surface area (Å²) in [7, 11) is 3.31. The zero-order valence-corrected chi connectivity index (χ0v) is 15.5. The third-order valence-corrected chi connectivity index (χ3v) is 4.11. The van der Waals surface area contributed by atoms with E-state index >= 15 is 0 Å². The van der Waals surface area contributed by atoms with Gasteiger partial charge in [0.25, 0.3) is 0 Å². The van der Waals surface area contributed by atoms with Crippen LogP contribution >= 0.6 is 0 Å². The van der Waals surface area contributed by atoms with Crippen LogP contribution in [-0.2, 0) is 6.42 Å². The number of nitrogens with two attached hydrogens (primary N) is 1. The molecule has 3 aromatic rings. The summed E-state index contributed by atoms with van der Waals surface area (Å²) in [6.45, 7) is 6.08. The van der Waals surface area contributed by atoms with Crippen LogP contribution in [0.4, 0.5) is 5.69 Å². The van der Waals surface area contributed by atoms with E-state index in [1.165, 1.54) is 5.48 Å². The summed E-state index contributed by atoms with van der Waals surface area (Å²) < 4.78 is 12.7. The van der Waals surface area contributed by atoms with Crippen molar-refractivity contribution in [2.24, 2.45) is 0 Å². The van der Waals surface area contributed by atoms with Crippen LogP contribution < -0.4 is 15.0 Å². The first-order valence-electron chi connectivity index (χ1n) is 8.56. The number of aromatic nitrogens is 1. The molecule has 1 heterocycles. The molecule has 0 amide bonds. The summed E-state index contributed by atoms with van der Waals surface area (Å²) >= 11 is 0. The molecule has 0 aliphatic heterocycles. The van der Waals surface area contributed by atoms with Crippen molar-refractivity contribution in [3.05, 3.63) is 48.2 Å². The average Bonchev–Trinajstić information content (AvgIpc) is 3.01. The summed E-state index contributed by atoms with van der Waals surface area (Å²) in [5, 5.41) is 10.7. The van der Waals surface area contributed by atoms with E-state index in [1.807, 2.05) is 56.3 Å². The topological polar surface area (TPSA) is 60.2 Å². The lowest BCUT2D eigenvalue weighted by Gasteiger charge is -2.10. The van der Waals surface area contributed by atoms with Gasteiger partial charge in [0, 0.05) is 11.8 Å². The van der Waals surface area contributed by atoms with Crippen molar-refractivity contribution in [1.82, 2.24) is 4.57 Å². The van der Waals surface area contributed by atoms with Gasteiger partial charge in [-0.3, -0.25) is 0 Å². The number of rotatable bonds is 5. The standard InChI is InChI=1S/C18H20N2O3.C2H6/c1-4-16-18(19-21)15-10-9-14(23-3)11-17(15)20(16)12-5-7-13(22-2)8-6-12;1-2/h5-11,19,21H,4H2,1-3H3;1-2H3/p+1. The van der Waals surface area contributed by atoms with Gasteiger partial charge in [-0.25, -0.2) is 5.21 Å². The van der Waals surface area contributed by atoms with Crippen molar-refractivity contribution in [2.75, 3.05) is 14.2 Å². The molecule has 0 bridgehead atoms. The van der Waals surface area contributed by atoms with E-state index in [1.54, 1.807) is 14.2 Å². The molecule has 3 N–H and O–H groups in total. The Morgan fingerprint density at radius 2 is 1.56 bits per heavy atom. The normalized spacial score (nSPS) is 10.3. The monoisotopic (exact) mass is 343 g/mol. The van der Waals surface area contributed by atoms with Crippen LogP contribution in [0.5, 0.6) is 11.5 Å². The van der Waals surface area contributed by atoms with Gasteiger partial charge in [0.15, 0.2) is 5.69 Å². The Morgan fingerprint density at radius 3 is 2.08 bits per heavy atom. The van der Waals surface area contributed by atoms with Crippen LogP contribution in [0.25, 0.3) is 16.6 Å². The molecule has 0 saturated heterocycles. The molecule has 0 fully saturated rings. The van der Waals surface area contributed by atoms with Crippen molar-refractivity contribution in [1.29, 1.82) is 0 Å². The number of hydrogen-bond donors (Lipinski definition) is 2. The fourth-order valence-electron chi connectivity index (χ4n) is 2.99. The van der Waals surface area contributed by atoms with Gasteiger partial charge in [-0.1, -0.05) is 20.8 Å². The summed E-state index contributed by atoms with van der Waals surface area (Å²) in [4.78, 5) is 0. The highest BCUT2D eigenvalue weighted by Gasteiger charge is 2.20. The third kappa shape index (κ3) is 3.48. The Bertz CT molecular complexity index is 823. The number of hydrogen-bond acceptors (Lipinski definition) is 3. The van der Waals surface area contributed by atoms with E-state index in [-0.39, 0.29) is 0 Å². The maximum Gasteiger partial charge on any atom is 0.191 e. The maximum absolute atomic E-state index is 9.73. The molecule has 5 nitrogen and oxygen atoms in total. The van der Waals surface area contributed by atoms with Crippen molar-refractivity contribution in [3.8, 4) is 17.2 Å². The van der Waals surface area contributed by atoms with Crippen molar-refractivity contribution in [2.45, 2.75) is 27.2 Å². The highest BCUT2D eigenvalue weighted by molar-refractivity contribution is 5.93. The van der Waals surface area contributed by atoms with Crippen LogP contribution in [0.2, 0.25) is 0 Å². The Kier molecular flexibility index (Phi) is 6.44.